The van der Waals surface area contributed by atoms with E-state index in [0.29, 0.717) is 5.56 Å². The summed E-state index contributed by atoms with van der Waals surface area (Å²) in [7, 11) is 2.15. The summed E-state index contributed by atoms with van der Waals surface area (Å²) < 4.78 is 1.81. The lowest BCUT2D eigenvalue weighted by Gasteiger charge is -2.37. The Morgan fingerprint density at radius 1 is 1.25 bits per heavy atom. The van der Waals surface area contributed by atoms with E-state index in [0.717, 1.165) is 41.4 Å². The van der Waals surface area contributed by atoms with Crippen molar-refractivity contribution in [2.45, 2.75) is 19.8 Å². The monoisotopic (exact) mass is 402 g/mol. The standard InChI is InChI=1S/C15H20Br2N2O/c1-15(3-5-19(2)6-4-15)10-18-14(20)11-7-12(16)9-13(17)8-11/h7-9H,3-6,10H2,1-2H3,(H,18,20). The van der Waals surface area contributed by atoms with Crippen molar-refractivity contribution in [3.8, 4) is 0 Å². The van der Waals surface area contributed by atoms with Crippen molar-refractivity contribution in [2.75, 3.05) is 26.7 Å². The molecule has 1 fully saturated rings. The fourth-order valence-corrected chi connectivity index (χ4v) is 3.71. The highest BCUT2D eigenvalue weighted by molar-refractivity contribution is 9.11. The van der Waals surface area contributed by atoms with Crippen molar-refractivity contribution in [1.82, 2.24) is 10.2 Å². The van der Waals surface area contributed by atoms with Crippen LogP contribution in [0, 0.1) is 5.41 Å². The van der Waals surface area contributed by atoms with Gasteiger partial charge in [0.2, 0.25) is 0 Å². The highest BCUT2D eigenvalue weighted by atomic mass is 79.9. The van der Waals surface area contributed by atoms with Gasteiger partial charge in [-0.25, -0.2) is 0 Å². The summed E-state index contributed by atoms with van der Waals surface area (Å²) in [5, 5.41) is 3.08. The van der Waals surface area contributed by atoms with E-state index in [-0.39, 0.29) is 11.3 Å². The van der Waals surface area contributed by atoms with Gasteiger partial charge in [0.15, 0.2) is 0 Å². The van der Waals surface area contributed by atoms with Gasteiger partial charge in [-0.1, -0.05) is 38.8 Å². The van der Waals surface area contributed by atoms with Crippen LogP contribution in [0.4, 0.5) is 0 Å². The van der Waals surface area contributed by atoms with E-state index in [1.165, 1.54) is 0 Å². The minimum Gasteiger partial charge on any atom is -0.351 e. The molecule has 110 valence electrons. The molecule has 0 radical (unpaired) electrons. The lowest BCUT2D eigenvalue weighted by atomic mass is 9.80. The molecule has 0 saturated carbocycles. The number of carbonyl (C=O) groups excluding carboxylic acids is 1. The summed E-state index contributed by atoms with van der Waals surface area (Å²) in [5.41, 5.74) is 0.897. The molecule has 20 heavy (non-hydrogen) atoms. The molecule has 0 unspecified atom stereocenters. The Hall–Kier alpha value is -0.390. The Kier molecular flexibility index (Phi) is 5.26. The number of piperidine rings is 1. The van der Waals surface area contributed by atoms with Gasteiger partial charge in [-0.2, -0.15) is 0 Å². The fourth-order valence-electron chi connectivity index (χ4n) is 2.42. The number of hydrogen-bond donors (Lipinski definition) is 1. The molecule has 0 aliphatic carbocycles. The first-order valence-corrected chi connectivity index (χ1v) is 8.39. The molecule has 0 aromatic heterocycles. The van der Waals surface area contributed by atoms with Crippen molar-refractivity contribution in [3.05, 3.63) is 32.7 Å². The van der Waals surface area contributed by atoms with Crippen LogP contribution in [0.2, 0.25) is 0 Å². The van der Waals surface area contributed by atoms with Crippen LogP contribution in [-0.4, -0.2) is 37.5 Å². The third-order valence-electron chi connectivity index (χ3n) is 3.99. The van der Waals surface area contributed by atoms with Crippen molar-refractivity contribution in [3.63, 3.8) is 0 Å². The highest BCUT2D eigenvalue weighted by Crippen LogP contribution is 2.29. The van der Waals surface area contributed by atoms with Gasteiger partial charge in [0.05, 0.1) is 0 Å². The van der Waals surface area contributed by atoms with E-state index in [2.05, 4.69) is 56.0 Å². The lowest BCUT2D eigenvalue weighted by molar-refractivity contribution is 0.0891. The topological polar surface area (TPSA) is 32.3 Å². The zero-order valence-corrected chi connectivity index (χ0v) is 15.1. The molecule has 1 aromatic rings. The Bertz CT molecular complexity index is 476. The maximum Gasteiger partial charge on any atom is 0.251 e. The first-order chi connectivity index (χ1) is 9.38. The highest BCUT2D eigenvalue weighted by Gasteiger charge is 2.29. The maximum absolute atomic E-state index is 12.2. The van der Waals surface area contributed by atoms with Gasteiger partial charge < -0.3 is 10.2 Å². The SMILES string of the molecule is CN1CCC(C)(CNC(=O)c2cc(Br)cc(Br)c2)CC1. The van der Waals surface area contributed by atoms with Crippen molar-refractivity contribution in [1.29, 1.82) is 0 Å². The molecule has 0 spiro atoms. The quantitative estimate of drug-likeness (QED) is 0.834. The van der Waals surface area contributed by atoms with Gasteiger partial charge in [-0.3, -0.25) is 4.79 Å². The molecular formula is C15H20Br2N2O. The average molecular weight is 404 g/mol. The van der Waals surface area contributed by atoms with Gasteiger partial charge in [0, 0.05) is 21.1 Å². The minimum absolute atomic E-state index is 0.00727. The number of nitrogens with one attached hydrogen (secondary N) is 1. The number of nitrogens with zero attached hydrogens (tertiary/aromatic N) is 1. The normalized spacial score (nSPS) is 18.8. The number of hydrogen-bond acceptors (Lipinski definition) is 2. The average Bonchev–Trinajstić information content (AvgIpc) is 2.39. The fraction of sp³-hybridized carbons (Fsp3) is 0.533. The second-order valence-electron chi connectivity index (χ2n) is 5.95. The third-order valence-corrected chi connectivity index (χ3v) is 4.91. The largest absolute Gasteiger partial charge is 0.351 e. The summed E-state index contributed by atoms with van der Waals surface area (Å²) in [5.74, 6) is -0.00727. The predicted octanol–water partition coefficient (Wildman–Crippen LogP) is 3.67. The smallest absolute Gasteiger partial charge is 0.251 e. The first-order valence-electron chi connectivity index (χ1n) is 6.81. The first kappa shape index (κ1) is 16.0. The second-order valence-corrected chi connectivity index (χ2v) is 7.79. The third kappa shape index (κ3) is 4.30. The van der Waals surface area contributed by atoms with Crippen LogP contribution in [-0.2, 0) is 0 Å². The molecule has 3 nitrogen and oxygen atoms in total. The van der Waals surface area contributed by atoms with Gasteiger partial charge in [0.1, 0.15) is 0 Å². The number of likely N-dealkylation sites (tertiary alicyclic amines) is 1. The number of benzene rings is 1. The molecule has 2 rings (SSSR count). The van der Waals surface area contributed by atoms with Crippen LogP contribution >= 0.6 is 31.9 Å². The molecule has 1 N–H and O–H groups in total. The van der Waals surface area contributed by atoms with Crippen LogP contribution in [0.1, 0.15) is 30.1 Å². The molecular weight excluding hydrogens is 384 g/mol. The summed E-state index contributed by atoms with van der Waals surface area (Å²) >= 11 is 6.82. The van der Waals surface area contributed by atoms with Crippen LogP contribution in [0.5, 0.6) is 0 Å². The van der Waals surface area contributed by atoms with Crippen LogP contribution in [0.3, 0.4) is 0 Å². The predicted molar refractivity (Wildman–Crippen MR) is 89.0 cm³/mol. The Labute approximate surface area is 137 Å². The van der Waals surface area contributed by atoms with E-state index in [4.69, 9.17) is 0 Å². The molecule has 0 bridgehead atoms. The van der Waals surface area contributed by atoms with E-state index in [1.807, 2.05) is 18.2 Å². The summed E-state index contributed by atoms with van der Waals surface area (Å²) in [6, 6.07) is 5.61. The number of halogens is 2. The van der Waals surface area contributed by atoms with Crippen LogP contribution in [0.15, 0.2) is 27.1 Å². The zero-order chi connectivity index (χ0) is 14.8. The van der Waals surface area contributed by atoms with Crippen LogP contribution < -0.4 is 5.32 Å². The number of amides is 1. The van der Waals surface area contributed by atoms with Crippen molar-refractivity contribution < 1.29 is 4.79 Å². The molecule has 1 saturated heterocycles. The minimum atomic E-state index is -0.00727. The lowest BCUT2D eigenvalue weighted by Crippen LogP contribution is -2.43. The second kappa shape index (κ2) is 6.58. The molecule has 0 atom stereocenters. The Morgan fingerprint density at radius 3 is 2.35 bits per heavy atom. The molecule has 1 aliphatic heterocycles. The van der Waals surface area contributed by atoms with E-state index in [9.17, 15) is 4.79 Å². The van der Waals surface area contributed by atoms with Crippen molar-refractivity contribution >= 4 is 37.8 Å². The zero-order valence-electron chi connectivity index (χ0n) is 11.9. The van der Waals surface area contributed by atoms with E-state index in [1.54, 1.807) is 0 Å². The van der Waals surface area contributed by atoms with Gasteiger partial charge >= 0.3 is 0 Å². The molecule has 1 amide bonds. The van der Waals surface area contributed by atoms with Gasteiger partial charge in [-0.15, -0.1) is 0 Å². The van der Waals surface area contributed by atoms with E-state index >= 15 is 0 Å². The number of rotatable bonds is 3. The molecule has 1 heterocycles. The van der Waals surface area contributed by atoms with Gasteiger partial charge in [0.25, 0.3) is 5.91 Å². The van der Waals surface area contributed by atoms with E-state index < -0.39 is 0 Å². The maximum atomic E-state index is 12.2. The van der Waals surface area contributed by atoms with Crippen molar-refractivity contribution in [2.24, 2.45) is 5.41 Å². The molecule has 5 heteroatoms. The Morgan fingerprint density at radius 2 is 1.80 bits per heavy atom. The summed E-state index contributed by atoms with van der Waals surface area (Å²) in [6.07, 6.45) is 2.26. The summed E-state index contributed by atoms with van der Waals surface area (Å²) in [6.45, 7) is 5.21. The van der Waals surface area contributed by atoms with Crippen LogP contribution in [0.25, 0.3) is 0 Å². The molecule has 1 aliphatic rings. The van der Waals surface area contributed by atoms with Gasteiger partial charge in [-0.05, 0) is 56.6 Å². The summed E-state index contributed by atoms with van der Waals surface area (Å²) in [4.78, 5) is 14.6. The number of carbonyl (C=O) groups is 1. The Balaban J connectivity index is 1.95. The molecule has 1 aromatic carbocycles.